The Hall–Kier alpha value is -3.63. The topological polar surface area (TPSA) is 143 Å². The van der Waals surface area contributed by atoms with Gasteiger partial charge in [0.1, 0.15) is 6.04 Å². The number of ether oxygens (including phenoxy) is 3. The average molecular weight is 410 g/mol. The molecule has 1 N–H and O–H groups in total. The Morgan fingerprint density at radius 1 is 1.24 bits per heavy atom. The van der Waals surface area contributed by atoms with Crippen LogP contribution in [0.2, 0.25) is 0 Å². The summed E-state index contributed by atoms with van der Waals surface area (Å²) in [5.41, 5.74) is 0.594. The normalized spacial score (nSPS) is 11.4. The molecule has 0 saturated heterocycles. The number of carbonyl (C=O) groups excluding carboxylic acids is 3. The lowest BCUT2D eigenvalue weighted by molar-refractivity contribution is -0.757. The summed E-state index contributed by atoms with van der Waals surface area (Å²) in [4.78, 5) is 48.0. The van der Waals surface area contributed by atoms with Gasteiger partial charge < -0.3 is 24.4 Å². The number of methoxy groups -OCH3 is 1. The number of nitrogens with zero attached hydrogens (tertiary/aromatic N) is 1. The number of esters is 2. The summed E-state index contributed by atoms with van der Waals surface area (Å²) in [5, 5.41) is 11.4. The molecular formula is C18H22N2O9. The van der Waals surface area contributed by atoms with Crippen molar-refractivity contribution >= 4 is 24.4 Å². The zero-order chi connectivity index (χ0) is 21.6. The van der Waals surface area contributed by atoms with Gasteiger partial charge in [-0.15, -0.1) is 10.1 Å². The van der Waals surface area contributed by atoms with Crippen molar-refractivity contribution in [2.75, 3.05) is 20.3 Å². The van der Waals surface area contributed by atoms with Crippen LogP contribution < -0.4 is 14.8 Å². The molecule has 1 amide bonds. The van der Waals surface area contributed by atoms with Crippen LogP contribution in [0, 0.1) is 10.1 Å². The molecule has 0 radical (unpaired) electrons. The van der Waals surface area contributed by atoms with Gasteiger partial charge in [0.05, 0.1) is 20.3 Å². The average Bonchev–Trinajstić information content (AvgIpc) is 2.69. The number of nitrogens with one attached hydrogen (secondary N) is 1. The lowest BCUT2D eigenvalue weighted by atomic mass is 10.2. The van der Waals surface area contributed by atoms with Gasteiger partial charge in [-0.1, -0.05) is 6.07 Å². The Morgan fingerprint density at radius 2 is 1.97 bits per heavy atom. The van der Waals surface area contributed by atoms with Crippen LogP contribution >= 0.6 is 0 Å². The number of carbonyl (C=O) groups is 3. The molecule has 0 spiro atoms. The number of hydrogen-bond donors (Lipinski definition) is 1. The number of rotatable bonds is 13. The Kier molecular flexibility index (Phi) is 10.3. The van der Waals surface area contributed by atoms with Crippen LogP contribution in [0.25, 0.3) is 6.08 Å². The number of amides is 1. The third-order valence-electron chi connectivity index (χ3n) is 3.46. The minimum Gasteiger partial charge on any atom is -0.493 e. The van der Waals surface area contributed by atoms with Gasteiger partial charge in [0, 0.05) is 6.08 Å². The summed E-state index contributed by atoms with van der Waals surface area (Å²) in [5.74, 6) is -0.819. The summed E-state index contributed by atoms with van der Waals surface area (Å²) in [7, 11) is 1.39. The SMILES string of the molecule is COc1cc(/C=C/C(=O)OCCCCO[N+](=O)[O-])ccc1OC(=O)C(C)NC=O. The van der Waals surface area contributed by atoms with E-state index in [2.05, 4.69) is 10.2 Å². The van der Waals surface area contributed by atoms with E-state index in [0.29, 0.717) is 24.8 Å². The highest BCUT2D eigenvalue weighted by Gasteiger charge is 2.16. The lowest BCUT2D eigenvalue weighted by Gasteiger charge is -2.13. The number of hydrogen-bond acceptors (Lipinski definition) is 9. The molecule has 11 heteroatoms. The molecule has 1 aromatic carbocycles. The molecule has 1 atom stereocenters. The van der Waals surface area contributed by atoms with Crippen molar-refractivity contribution in [2.24, 2.45) is 0 Å². The Labute approximate surface area is 166 Å². The fraction of sp³-hybridized carbons (Fsp3) is 0.389. The highest BCUT2D eigenvalue weighted by atomic mass is 16.9. The van der Waals surface area contributed by atoms with Crippen LogP contribution in [0.3, 0.4) is 0 Å². The van der Waals surface area contributed by atoms with Gasteiger partial charge in [-0.2, -0.15) is 0 Å². The van der Waals surface area contributed by atoms with Crippen LogP contribution in [-0.4, -0.2) is 49.8 Å². The van der Waals surface area contributed by atoms with E-state index < -0.39 is 23.1 Å². The molecule has 0 aliphatic carbocycles. The van der Waals surface area contributed by atoms with E-state index in [9.17, 15) is 24.5 Å². The van der Waals surface area contributed by atoms with E-state index in [1.165, 1.54) is 32.3 Å². The molecule has 29 heavy (non-hydrogen) atoms. The molecule has 0 saturated carbocycles. The number of benzene rings is 1. The minimum atomic E-state index is -0.877. The van der Waals surface area contributed by atoms with Gasteiger partial charge >= 0.3 is 11.9 Å². The second kappa shape index (κ2) is 12.7. The summed E-state index contributed by atoms with van der Waals surface area (Å²) in [6.45, 7) is 1.53. The molecule has 11 nitrogen and oxygen atoms in total. The molecule has 0 bridgehead atoms. The van der Waals surface area contributed by atoms with E-state index >= 15 is 0 Å². The second-order valence-corrected chi connectivity index (χ2v) is 5.60. The second-order valence-electron chi connectivity index (χ2n) is 5.60. The van der Waals surface area contributed by atoms with Crippen molar-refractivity contribution in [3.8, 4) is 11.5 Å². The predicted octanol–water partition coefficient (Wildman–Crippen LogP) is 1.28. The van der Waals surface area contributed by atoms with Gasteiger partial charge in [-0.05, 0) is 43.5 Å². The van der Waals surface area contributed by atoms with Crippen LogP contribution in [0.15, 0.2) is 24.3 Å². The van der Waals surface area contributed by atoms with E-state index in [4.69, 9.17) is 14.2 Å². The predicted molar refractivity (Wildman–Crippen MR) is 99.5 cm³/mol. The van der Waals surface area contributed by atoms with Crippen LogP contribution in [0.1, 0.15) is 25.3 Å². The fourth-order valence-electron chi connectivity index (χ4n) is 1.97. The zero-order valence-electron chi connectivity index (χ0n) is 16.0. The smallest absolute Gasteiger partial charge is 0.333 e. The quantitative estimate of drug-likeness (QED) is 0.0967. The van der Waals surface area contributed by atoms with Crippen LogP contribution in [0.5, 0.6) is 11.5 Å². The summed E-state index contributed by atoms with van der Waals surface area (Å²) >= 11 is 0. The molecule has 1 aromatic rings. The van der Waals surface area contributed by atoms with Crippen molar-refractivity contribution in [3.63, 3.8) is 0 Å². The summed E-state index contributed by atoms with van der Waals surface area (Å²) in [6, 6.07) is 3.82. The summed E-state index contributed by atoms with van der Waals surface area (Å²) in [6.07, 6.45) is 3.92. The highest BCUT2D eigenvalue weighted by molar-refractivity contribution is 5.87. The molecule has 0 heterocycles. The molecular weight excluding hydrogens is 388 g/mol. The highest BCUT2D eigenvalue weighted by Crippen LogP contribution is 2.29. The summed E-state index contributed by atoms with van der Waals surface area (Å²) < 4.78 is 15.3. The Morgan fingerprint density at radius 3 is 2.62 bits per heavy atom. The van der Waals surface area contributed by atoms with Crippen molar-refractivity contribution in [1.82, 2.24) is 5.32 Å². The third kappa shape index (κ3) is 9.22. The third-order valence-corrected chi connectivity index (χ3v) is 3.46. The van der Waals surface area contributed by atoms with Crippen molar-refractivity contribution < 1.29 is 38.5 Å². The van der Waals surface area contributed by atoms with Gasteiger partial charge in [0.25, 0.3) is 5.09 Å². The van der Waals surface area contributed by atoms with Gasteiger partial charge in [-0.3, -0.25) is 4.79 Å². The Bertz CT molecular complexity index is 749. The van der Waals surface area contributed by atoms with E-state index in [-0.39, 0.29) is 24.7 Å². The standard InChI is InChI=1S/C18H22N2O9/c1-13(19-12-21)18(23)29-15-7-5-14(11-16(15)26-2)6-8-17(22)27-9-3-4-10-28-20(24)25/h5-8,11-13H,3-4,9-10H2,1-2H3,(H,19,21)/b8-6+. The van der Waals surface area contributed by atoms with Crippen molar-refractivity contribution in [3.05, 3.63) is 40.0 Å². The molecule has 1 rings (SSSR count). The minimum absolute atomic E-state index is 0.0545. The molecule has 1 unspecified atom stereocenters. The first-order valence-electron chi connectivity index (χ1n) is 8.59. The van der Waals surface area contributed by atoms with Crippen molar-refractivity contribution in [2.45, 2.75) is 25.8 Å². The van der Waals surface area contributed by atoms with E-state index in [1.54, 1.807) is 12.1 Å². The first-order valence-corrected chi connectivity index (χ1v) is 8.59. The molecule has 0 aromatic heterocycles. The van der Waals surface area contributed by atoms with Gasteiger partial charge in [0.15, 0.2) is 11.5 Å². The molecule has 0 fully saturated rings. The van der Waals surface area contributed by atoms with Gasteiger partial charge in [0.2, 0.25) is 6.41 Å². The van der Waals surface area contributed by atoms with E-state index in [0.717, 1.165) is 0 Å². The first kappa shape index (κ1) is 23.4. The zero-order valence-corrected chi connectivity index (χ0v) is 16.0. The molecule has 158 valence electrons. The maximum Gasteiger partial charge on any atom is 0.333 e. The monoisotopic (exact) mass is 410 g/mol. The van der Waals surface area contributed by atoms with Crippen LogP contribution in [-0.2, 0) is 24.0 Å². The Balaban J connectivity index is 2.55. The molecule has 0 aliphatic rings. The van der Waals surface area contributed by atoms with Crippen LogP contribution in [0.4, 0.5) is 0 Å². The molecule has 0 aliphatic heterocycles. The van der Waals surface area contributed by atoms with Crippen molar-refractivity contribution in [1.29, 1.82) is 0 Å². The van der Waals surface area contributed by atoms with Gasteiger partial charge in [-0.25, -0.2) is 9.59 Å². The number of unbranched alkanes of at least 4 members (excludes halogenated alkanes) is 1. The van der Waals surface area contributed by atoms with E-state index in [1.807, 2.05) is 0 Å². The fourth-order valence-corrected chi connectivity index (χ4v) is 1.97. The maximum atomic E-state index is 11.9. The first-order chi connectivity index (χ1) is 13.9. The maximum absolute atomic E-state index is 11.9. The lowest BCUT2D eigenvalue weighted by Crippen LogP contribution is -2.36. The largest absolute Gasteiger partial charge is 0.493 e.